The third kappa shape index (κ3) is 19.5. The van der Waals surface area contributed by atoms with Crippen LogP contribution in [0.2, 0.25) is 10.0 Å². The maximum absolute atomic E-state index is 13.1. The van der Waals surface area contributed by atoms with Crippen molar-refractivity contribution in [1.82, 2.24) is 54.3 Å². The number of para-hydroxylation sites is 5. The summed E-state index contributed by atoms with van der Waals surface area (Å²) in [4.78, 5) is 56.5. The number of hydrogen-bond donors (Lipinski definition) is 3. The summed E-state index contributed by atoms with van der Waals surface area (Å²) < 4.78 is 9.33. The number of thiazole rings is 2. The second kappa shape index (κ2) is 37.0. The van der Waals surface area contributed by atoms with Gasteiger partial charge >= 0.3 is 0 Å². The molecule has 558 valence electrons. The van der Waals surface area contributed by atoms with E-state index >= 15 is 0 Å². The highest BCUT2D eigenvalue weighted by atomic mass is 35.5. The summed E-state index contributed by atoms with van der Waals surface area (Å²) in [6.45, 7) is 18.7. The quantitative estimate of drug-likeness (QED) is 0.0514. The minimum atomic E-state index is -0.0645. The van der Waals surface area contributed by atoms with Gasteiger partial charge in [-0.25, -0.2) is 9.97 Å². The molecular formula is C90H99Cl2N11O3S2. The summed E-state index contributed by atoms with van der Waals surface area (Å²) in [7, 11) is 0. The van der Waals surface area contributed by atoms with Crippen LogP contribution in [0.15, 0.2) is 219 Å². The number of nitrogens with one attached hydrogen (secondary N) is 3. The van der Waals surface area contributed by atoms with E-state index in [2.05, 4.69) is 167 Å². The molecule has 8 heterocycles. The molecule has 14 nitrogen and oxygen atoms in total. The zero-order valence-corrected chi connectivity index (χ0v) is 65.3. The highest BCUT2D eigenvalue weighted by Crippen LogP contribution is 2.37. The number of carbonyl (C=O) groups is 3. The zero-order valence-electron chi connectivity index (χ0n) is 62.1. The standard InChI is InChI=1S/C31H31ClN4OS.C31H34ClN3O.C28H34N4OS/c32-24-12-10-22(11-13-24)20-33-30(37)26-21-36(28-8-3-1-6-25(26)28)17-5-16-35-18-14-23(15-19-35)31-34-27-7-2-4-9-29(27)38-31;32-29-13-6-4-11-26(29)22-33-31(36)28-23-35(30-14-7-5-12-27(28)30)18-8-17-34-19-15-25(16-20-34)21-24-9-2-1-3-10-24;1-20(2)18-29-27(33)23-19-32(25-10-5-3-8-22(23)25)15-7-14-31-16-12-21(13-17-31)28-30-24-9-4-6-11-26(24)34-28/h1-4,6-13,21,23H,5,14-20H2,(H,33,37);1-7,9-14,23,25H,8,15-22H2,(H,33,36);3-6,8-11,19-21H,7,12-18H2,1-2H3,(H,29,33). The van der Waals surface area contributed by atoms with Crippen molar-refractivity contribution < 1.29 is 14.4 Å². The first-order valence-electron chi connectivity index (χ1n) is 38.9. The van der Waals surface area contributed by atoms with E-state index in [1.54, 1.807) is 0 Å². The van der Waals surface area contributed by atoms with Gasteiger partial charge in [-0.1, -0.05) is 177 Å². The number of benzene rings is 8. The summed E-state index contributed by atoms with van der Waals surface area (Å²) in [5, 5.41) is 16.2. The van der Waals surface area contributed by atoms with Crippen LogP contribution in [-0.2, 0) is 39.1 Å². The molecule has 0 spiro atoms. The van der Waals surface area contributed by atoms with Crippen molar-refractivity contribution in [2.75, 3.05) is 65.4 Å². The predicted octanol–water partition coefficient (Wildman–Crippen LogP) is 19.6. The van der Waals surface area contributed by atoms with Gasteiger partial charge in [0.05, 0.1) is 47.1 Å². The first-order valence-corrected chi connectivity index (χ1v) is 41.3. The van der Waals surface area contributed by atoms with Gasteiger partial charge in [0.1, 0.15) is 0 Å². The lowest BCUT2D eigenvalue weighted by molar-refractivity contribution is 0.0943. The van der Waals surface area contributed by atoms with Crippen molar-refractivity contribution in [3.8, 4) is 0 Å². The average molecular weight is 1520 g/mol. The molecule has 0 aliphatic carbocycles. The van der Waals surface area contributed by atoms with Gasteiger partial charge in [0.2, 0.25) is 0 Å². The van der Waals surface area contributed by atoms with E-state index < -0.39 is 0 Å². The lowest BCUT2D eigenvalue weighted by Crippen LogP contribution is -2.35. The first-order chi connectivity index (χ1) is 52.9. The van der Waals surface area contributed by atoms with Crippen LogP contribution >= 0.6 is 45.9 Å². The van der Waals surface area contributed by atoms with Crippen molar-refractivity contribution in [1.29, 1.82) is 0 Å². The van der Waals surface area contributed by atoms with Crippen molar-refractivity contribution in [2.24, 2.45) is 11.8 Å². The monoisotopic (exact) mass is 1520 g/mol. The van der Waals surface area contributed by atoms with E-state index in [0.29, 0.717) is 47.4 Å². The number of fused-ring (bicyclic) bond motifs is 5. The maximum atomic E-state index is 13.1. The fourth-order valence-electron chi connectivity index (χ4n) is 15.7. The van der Waals surface area contributed by atoms with E-state index in [-0.39, 0.29) is 17.7 Å². The average Bonchev–Trinajstić information content (AvgIpc) is 1.77. The van der Waals surface area contributed by atoms with Crippen LogP contribution in [0.25, 0.3) is 53.1 Å². The van der Waals surface area contributed by atoms with E-state index in [1.165, 1.54) is 83.0 Å². The van der Waals surface area contributed by atoms with Crippen LogP contribution in [0.4, 0.5) is 0 Å². The number of aryl methyl sites for hydroxylation is 3. The Hall–Kier alpha value is -8.97. The van der Waals surface area contributed by atoms with Crippen molar-refractivity contribution >= 4 is 117 Å². The van der Waals surface area contributed by atoms with Crippen LogP contribution in [0, 0.1) is 11.8 Å². The number of carbonyl (C=O) groups excluding carboxylic acids is 3. The van der Waals surface area contributed by atoms with Crippen LogP contribution in [-0.4, -0.2) is 122 Å². The molecule has 0 atom stereocenters. The van der Waals surface area contributed by atoms with E-state index in [1.807, 2.05) is 132 Å². The second-order valence-corrected chi connectivity index (χ2v) is 32.7. The van der Waals surface area contributed by atoms with Crippen LogP contribution in [0.1, 0.15) is 141 Å². The molecule has 0 bridgehead atoms. The molecule has 8 aromatic carbocycles. The van der Waals surface area contributed by atoms with Crippen LogP contribution in [0.5, 0.6) is 0 Å². The Morgan fingerprint density at radius 1 is 0.426 bits per heavy atom. The Kier molecular flexibility index (Phi) is 25.9. The zero-order chi connectivity index (χ0) is 74.1. The lowest BCUT2D eigenvalue weighted by Gasteiger charge is -2.32. The molecule has 5 aromatic heterocycles. The number of aromatic nitrogens is 5. The molecule has 3 aliphatic rings. The fourth-order valence-corrected chi connectivity index (χ4v) is 18.3. The van der Waals surface area contributed by atoms with E-state index in [4.69, 9.17) is 33.2 Å². The molecule has 3 fully saturated rings. The van der Waals surface area contributed by atoms with Gasteiger partial charge < -0.3 is 44.4 Å². The van der Waals surface area contributed by atoms with Crippen molar-refractivity contribution in [3.63, 3.8) is 0 Å². The Morgan fingerprint density at radius 3 is 1.28 bits per heavy atom. The number of likely N-dealkylation sites (tertiary alicyclic amines) is 3. The molecule has 108 heavy (non-hydrogen) atoms. The SMILES string of the molecule is CC(C)CNC(=O)c1cn(CCCN2CCC(c3nc4ccccc4s3)CC2)c2ccccc12.O=C(NCc1ccc(Cl)cc1)c1cn(CCCN2CCC(c3nc4ccccc4s3)CC2)c2ccccc12.O=C(NCc1ccccc1Cl)c1cn(CCCN2CCC(Cc3ccccc3)CC2)c2ccccc12. The highest BCUT2D eigenvalue weighted by molar-refractivity contribution is 7.19. The lowest BCUT2D eigenvalue weighted by atomic mass is 9.90. The summed E-state index contributed by atoms with van der Waals surface area (Å²) in [6.07, 6.45) is 17.7. The Bertz CT molecular complexity index is 5050. The third-order valence-electron chi connectivity index (χ3n) is 21.7. The summed E-state index contributed by atoms with van der Waals surface area (Å²) in [5.74, 6) is 2.32. The molecule has 18 heteroatoms. The van der Waals surface area contributed by atoms with Gasteiger partial charge in [-0.2, -0.15) is 0 Å². The van der Waals surface area contributed by atoms with Crippen LogP contribution < -0.4 is 16.0 Å². The molecule has 3 aliphatic heterocycles. The third-order valence-corrected chi connectivity index (χ3v) is 24.7. The Morgan fingerprint density at radius 2 is 0.824 bits per heavy atom. The van der Waals surface area contributed by atoms with Crippen molar-refractivity contribution in [3.05, 3.63) is 272 Å². The van der Waals surface area contributed by atoms with E-state index in [0.717, 1.165) is 162 Å². The molecule has 0 unspecified atom stereocenters. The van der Waals surface area contributed by atoms with Gasteiger partial charge in [-0.3, -0.25) is 14.4 Å². The fraction of sp³-hybridized carbons (Fsp3) is 0.344. The summed E-state index contributed by atoms with van der Waals surface area (Å²) in [5.41, 5.74) is 11.3. The Balaban J connectivity index is 0.000000136. The molecule has 0 radical (unpaired) electrons. The number of piperidine rings is 3. The number of halogens is 2. The normalized spacial score (nSPS) is 15.0. The number of hydrogen-bond acceptors (Lipinski definition) is 10. The Labute approximate surface area is 653 Å². The van der Waals surface area contributed by atoms with Gasteiger partial charge in [0.15, 0.2) is 0 Å². The number of rotatable bonds is 25. The first kappa shape index (κ1) is 75.8. The van der Waals surface area contributed by atoms with Crippen LogP contribution in [0.3, 0.4) is 0 Å². The minimum Gasteiger partial charge on any atom is -0.352 e. The number of amides is 3. The molecule has 3 saturated heterocycles. The second-order valence-electron chi connectivity index (χ2n) is 29.8. The predicted molar refractivity (Wildman–Crippen MR) is 447 cm³/mol. The van der Waals surface area contributed by atoms with Gasteiger partial charge in [-0.05, 0) is 212 Å². The molecule has 13 aromatic rings. The summed E-state index contributed by atoms with van der Waals surface area (Å²) in [6, 6.07) is 67.6. The minimum absolute atomic E-state index is 0.0283. The van der Waals surface area contributed by atoms with Gasteiger partial charge in [-0.15, -0.1) is 22.7 Å². The topological polar surface area (TPSA) is 138 Å². The molecular weight excluding hydrogens is 1420 g/mol. The smallest absolute Gasteiger partial charge is 0.253 e. The number of nitrogens with zero attached hydrogens (tertiary/aromatic N) is 8. The van der Waals surface area contributed by atoms with Crippen molar-refractivity contribution in [2.45, 2.75) is 123 Å². The molecule has 3 amide bonds. The maximum Gasteiger partial charge on any atom is 0.253 e. The highest BCUT2D eigenvalue weighted by Gasteiger charge is 2.27. The molecule has 3 N–H and O–H groups in total. The van der Waals surface area contributed by atoms with E-state index in [9.17, 15) is 14.4 Å². The largest absolute Gasteiger partial charge is 0.352 e. The molecule has 0 saturated carbocycles. The molecule has 16 rings (SSSR count). The van der Waals surface area contributed by atoms with Gasteiger partial charge in [0, 0.05) is 112 Å². The summed E-state index contributed by atoms with van der Waals surface area (Å²) >= 11 is 16.0. The van der Waals surface area contributed by atoms with Gasteiger partial charge in [0.25, 0.3) is 17.7 Å².